The quantitative estimate of drug-likeness (QED) is 0.316. The minimum absolute atomic E-state index is 0.00457. The predicted molar refractivity (Wildman–Crippen MR) is 96.0 cm³/mol. The molecule has 8 heteroatoms. The number of nitro benzene ring substituents is 1. The number of carbonyl (C=O) groups excluding carboxylic acids is 2. The Kier molecular flexibility index (Phi) is 6.74. The molecule has 2 aromatic rings. The Labute approximate surface area is 154 Å². The average Bonchev–Trinajstić information content (AvgIpc) is 2.66. The van der Waals surface area contributed by atoms with Crippen LogP contribution in [0.25, 0.3) is 0 Å². The summed E-state index contributed by atoms with van der Waals surface area (Å²) < 4.78 is 9.92. The standard InChI is InChI=1S/C18H17NO6S/c1-12(26-16-8-6-15(7-9-16)19(22)23)17(20)25-11-13-4-3-5-14(10-13)18(21)24-2/h3-10,12H,11H2,1-2H3. The van der Waals surface area contributed by atoms with Crippen LogP contribution in [-0.2, 0) is 20.9 Å². The van der Waals surface area contributed by atoms with E-state index in [9.17, 15) is 19.7 Å². The monoisotopic (exact) mass is 375 g/mol. The summed E-state index contributed by atoms with van der Waals surface area (Å²) in [7, 11) is 1.30. The molecule has 0 bridgehead atoms. The normalized spacial score (nSPS) is 11.5. The van der Waals surface area contributed by atoms with E-state index in [0.29, 0.717) is 11.1 Å². The van der Waals surface area contributed by atoms with Gasteiger partial charge in [-0.3, -0.25) is 14.9 Å². The second-order valence-corrected chi connectivity index (χ2v) is 6.72. The molecule has 7 nitrogen and oxygen atoms in total. The van der Waals surface area contributed by atoms with Crippen molar-refractivity contribution in [2.75, 3.05) is 7.11 Å². The number of methoxy groups -OCH3 is 1. The number of hydrogen-bond acceptors (Lipinski definition) is 7. The van der Waals surface area contributed by atoms with Gasteiger partial charge in [-0.25, -0.2) is 4.79 Å². The second-order valence-electron chi connectivity index (χ2n) is 5.31. The summed E-state index contributed by atoms with van der Waals surface area (Å²) in [4.78, 5) is 34.5. The first-order chi connectivity index (χ1) is 12.4. The summed E-state index contributed by atoms with van der Waals surface area (Å²) in [6, 6.07) is 12.6. The van der Waals surface area contributed by atoms with Crippen LogP contribution in [0, 0.1) is 10.1 Å². The molecule has 1 unspecified atom stereocenters. The minimum Gasteiger partial charge on any atom is -0.465 e. The van der Waals surface area contributed by atoms with Crippen LogP contribution in [0.5, 0.6) is 0 Å². The second kappa shape index (κ2) is 9.00. The number of hydrogen-bond donors (Lipinski definition) is 0. The average molecular weight is 375 g/mol. The van der Waals surface area contributed by atoms with E-state index in [1.165, 1.54) is 31.0 Å². The first-order valence-electron chi connectivity index (χ1n) is 7.65. The van der Waals surface area contributed by atoms with Crippen molar-refractivity contribution in [3.63, 3.8) is 0 Å². The number of carbonyl (C=O) groups is 2. The highest BCUT2D eigenvalue weighted by molar-refractivity contribution is 8.00. The van der Waals surface area contributed by atoms with Gasteiger partial charge in [-0.15, -0.1) is 11.8 Å². The third-order valence-corrected chi connectivity index (χ3v) is 4.51. The lowest BCUT2D eigenvalue weighted by Crippen LogP contribution is -2.16. The summed E-state index contributed by atoms with van der Waals surface area (Å²) >= 11 is 1.25. The fraction of sp³-hybridized carbons (Fsp3) is 0.222. The molecule has 136 valence electrons. The molecular weight excluding hydrogens is 358 g/mol. The van der Waals surface area contributed by atoms with Gasteiger partial charge >= 0.3 is 11.9 Å². The van der Waals surface area contributed by atoms with Gasteiger partial charge in [-0.2, -0.15) is 0 Å². The number of ether oxygens (including phenoxy) is 2. The van der Waals surface area contributed by atoms with Gasteiger partial charge in [-0.05, 0) is 36.8 Å². The highest BCUT2D eigenvalue weighted by Gasteiger charge is 2.17. The fourth-order valence-corrected chi connectivity index (χ4v) is 2.94. The molecule has 0 fully saturated rings. The zero-order valence-electron chi connectivity index (χ0n) is 14.2. The lowest BCUT2D eigenvalue weighted by atomic mass is 10.1. The maximum absolute atomic E-state index is 12.1. The van der Waals surface area contributed by atoms with Crippen LogP contribution >= 0.6 is 11.8 Å². The molecule has 1 atom stereocenters. The number of thioether (sulfide) groups is 1. The lowest BCUT2D eigenvalue weighted by molar-refractivity contribution is -0.384. The molecule has 0 saturated heterocycles. The Morgan fingerprint density at radius 2 is 1.88 bits per heavy atom. The molecule has 2 rings (SSSR count). The highest BCUT2D eigenvalue weighted by Crippen LogP contribution is 2.26. The van der Waals surface area contributed by atoms with Crippen LogP contribution in [0.3, 0.4) is 0 Å². The predicted octanol–water partition coefficient (Wildman–Crippen LogP) is 3.61. The molecule has 0 aromatic heterocycles. The van der Waals surface area contributed by atoms with Crippen LogP contribution in [-0.4, -0.2) is 29.2 Å². The summed E-state index contributed by atoms with van der Waals surface area (Å²) in [5.41, 5.74) is 1.05. The molecule has 0 aliphatic carbocycles. The third-order valence-electron chi connectivity index (χ3n) is 3.42. The highest BCUT2D eigenvalue weighted by atomic mass is 32.2. The molecular formula is C18H17NO6S. The van der Waals surface area contributed by atoms with Crippen LogP contribution < -0.4 is 0 Å². The van der Waals surface area contributed by atoms with Gasteiger partial charge in [0, 0.05) is 17.0 Å². The van der Waals surface area contributed by atoms with E-state index in [1.54, 1.807) is 43.3 Å². The van der Waals surface area contributed by atoms with E-state index in [2.05, 4.69) is 4.74 Å². The largest absolute Gasteiger partial charge is 0.465 e. The van der Waals surface area contributed by atoms with Gasteiger partial charge < -0.3 is 9.47 Å². The van der Waals surface area contributed by atoms with Crippen LogP contribution in [0.1, 0.15) is 22.8 Å². The third kappa shape index (κ3) is 5.32. The smallest absolute Gasteiger partial charge is 0.337 e. The number of non-ortho nitro benzene ring substituents is 1. The topological polar surface area (TPSA) is 95.7 Å². The van der Waals surface area contributed by atoms with E-state index in [1.807, 2.05) is 0 Å². The van der Waals surface area contributed by atoms with Crippen molar-refractivity contribution in [1.82, 2.24) is 0 Å². The van der Waals surface area contributed by atoms with E-state index < -0.39 is 22.1 Å². The van der Waals surface area contributed by atoms with Crippen molar-refractivity contribution in [3.8, 4) is 0 Å². The zero-order chi connectivity index (χ0) is 19.1. The molecule has 0 aliphatic rings. The van der Waals surface area contributed by atoms with Crippen LogP contribution in [0.2, 0.25) is 0 Å². The van der Waals surface area contributed by atoms with Gasteiger partial charge in [0.15, 0.2) is 0 Å². The van der Waals surface area contributed by atoms with Crippen molar-refractivity contribution in [1.29, 1.82) is 0 Å². The zero-order valence-corrected chi connectivity index (χ0v) is 15.0. The number of esters is 2. The molecule has 0 amide bonds. The number of nitrogens with zero attached hydrogens (tertiary/aromatic N) is 1. The van der Waals surface area contributed by atoms with Crippen molar-refractivity contribution in [2.24, 2.45) is 0 Å². The number of benzene rings is 2. The SMILES string of the molecule is COC(=O)c1cccc(COC(=O)C(C)Sc2ccc([N+](=O)[O-])cc2)c1. The van der Waals surface area contributed by atoms with Crippen molar-refractivity contribution in [2.45, 2.75) is 23.7 Å². The van der Waals surface area contributed by atoms with Crippen molar-refractivity contribution in [3.05, 3.63) is 69.8 Å². The lowest BCUT2D eigenvalue weighted by Gasteiger charge is -2.11. The summed E-state index contributed by atoms with van der Waals surface area (Å²) in [5, 5.41) is 10.2. The van der Waals surface area contributed by atoms with Gasteiger partial charge in [-0.1, -0.05) is 12.1 Å². The number of nitro groups is 1. The van der Waals surface area contributed by atoms with Gasteiger partial charge in [0.1, 0.15) is 11.9 Å². The first kappa shape index (κ1) is 19.5. The maximum Gasteiger partial charge on any atom is 0.337 e. The van der Waals surface area contributed by atoms with E-state index in [4.69, 9.17) is 4.74 Å². The molecule has 0 N–H and O–H groups in total. The molecule has 0 spiro atoms. The Bertz CT molecular complexity index is 806. The van der Waals surface area contributed by atoms with Crippen LogP contribution in [0.4, 0.5) is 5.69 Å². The summed E-state index contributed by atoms with van der Waals surface area (Å²) in [6.45, 7) is 1.73. The van der Waals surface area contributed by atoms with Crippen LogP contribution in [0.15, 0.2) is 53.4 Å². The van der Waals surface area contributed by atoms with E-state index in [0.717, 1.165) is 4.90 Å². The maximum atomic E-state index is 12.1. The van der Waals surface area contributed by atoms with Gasteiger partial charge in [0.25, 0.3) is 5.69 Å². The first-order valence-corrected chi connectivity index (χ1v) is 8.53. The molecule has 0 heterocycles. The fourth-order valence-electron chi connectivity index (χ4n) is 2.08. The molecule has 0 radical (unpaired) electrons. The summed E-state index contributed by atoms with van der Waals surface area (Å²) in [5.74, 6) is -0.878. The van der Waals surface area contributed by atoms with Crippen molar-refractivity contribution < 1.29 is 24.0 Å². The summed E-state index contributed by atoms with van der Waals surface area (Å²) in [6.07, 6.45) is 0. The van der Waals surface area contributed by atoms with E-state index >= 15 is 0 Å². The Morgan fingerprint density at radius 1 is 1.19 bits per heavy atom. The van der Waals surface area contributed by atoms with Crippen molar-refractivity contribution >= 4 is 29.4 Å². The van der Waals surface area contributed by atoms with Gasteiger partial charge in [0.05, 0.1) is 17.6 Å². The number of rotatable bonds is 7. The molecule has 2 aromatic carbocycles. The molecule has 0 saturated carbocycles. The Balaban J connectivity index is 1.91. The van der Waals surface area contributed by atoms with E-state index in [-0.39, 0.29) is 12.3 Å². The van der Waals surface area contributed by atoms with Gasteiger partial charge in [0.2, 0.25) is 0 Å². The Morgan fingerprint density at radius 3 is 2.50 bits per heavy atom. The minimum atomic E-state index is -0.486. The molecule has 0 aliphatic heterocycles. The Hall–Kier alpha value is -2.87. The molecule has 26 heavy (non-hydrogen) atoms.